The zero-order valence-corrected chi connectivity index (χ0v) is 16.3. The Hall–Kier alpha value is -1.93. The summed E-state index contributed by atoms with van der Waals surface area (Å²) in [7, 11) is -2.60. The van der Waals surface area contributed by atoms with Crippen LogP contribution in [0.1, 0.15) is 25.8 Å². The topological polar surface area (TPSA) is 90.0 Å². The van der Waals surface area contributed by atoms with Gasteiger partial charge in [-0.3, -0.25) is 9.59 Å². The summed E-state index contributed by atoms with van der Waals surface area (Å²) in [5, 5.41) is 0. The van der Waals surface area contributed by atoms with Crippen molar-refractivity contribution in [2.24, 2.45) is 11.3 Å². The molecular formula is C18H25NO6S. The van der Waals surface area contributed by atoms with E-state index < -0.39 is 39.6 Å². The first-order valence-corrected chi connectivity index (χ1v) is 10.2. The Kier molecular flexibility index (Phi) is 6.08. The van der Waals surface area contributed by atoms with Gasteiger partial charge in [-0.2, -0.15) is 8.42 Å². The van der Waals surface area contributed by atoms with Gasteiger partial charge in [0.25, 0.3) is 10.1 Å². The second-order valence-corrected chi connectivity index (χ2v) is 8.36. The van der Waals surface area contributed by atoms with Gasteiger partial charge < -0.3 is 9.64 Å². The highest BCUT2D eigenvalue weighted by Crippen LogP contribution is 2.43. The lowest BCUT2D eigenvalue weighted by Gasteiger charge is -2.25. The third-order valence-corrected chi connectivity index (χ3v) is 5.49. The summed E-state index contributed by atoms with van der Waals surface area (Å²) in [6.45, 7) is 3.38. The second-order valence-electron chi connectivity index (χ2n) is 6.76. The van der Waals surface area contributed by atoms with Crippen LogP contribution in [-0.2, 0) is 35.0 Å². The number of hydrogen-bond donors (Lipinski definition) is 0. The van der Waals surface area contributed by atoms with Gasteiger partial charge in [-0.1, -0.05) is 37.3 Å². The van der Waals surface area contributed by atoms with Crippen molar-refractivity contribution < 1.29 is 26.9 Å². The molecule has 1 aliphatic heterocycles. The van der Waals surface area contributed by atoms with E-state index in [0.29, 0.717) is 6.42 Å². The van der Waals surface area contributed by atoms with Gasteiger partial charge in [0.1, 0.15) is 0 Å². The van der Waals surface area contributed by atoms with E-state index in [-0.39, 0.29) is 6.54 Å². The van der Waals surface area contributed by atoms with Crippen LogP contribution in [0.25, 0.3) is 0 Å². The lowest BCUT2D eigenvalue weighted by atomic mass is 9.80. The SMILES string of the molecule is COC(=O)[C@]1(C)C(=O)N(CCCc2ccccc2)[C@@H](OS(C)(=O)=O)C1C. The highest BCUT2D eigenvalue weighted by Gasteiger charge is 2.60. The van der Waals surface area contributed by atoms with Gasteiger partial charge in [-0.15, -0.1) is 0 Å². The van der Waals surface area contributed by atoms with Gasteiger partial charge >= 0.3 is 5.97 Å². The van der Waals surface area contributed by atoms with E-state index >= 15 is 0 Å². The molecule has 1 unspecified atom stereocenters. The molecule has 1 heterocycles. The summed E-state index contributed by atoms with van der Waals surface area (Å²) in [5.74, 6) is -1.84. The van der Waals surface area contributed by atoms with Crippen LogP contribution in [0.3, 0.4) is 0 Å². The molecule has 1 saturated heterocycles. The minimum atomic E-state index is -3.80. The fraction of sp³-hybridized carbons (Fsp3) is 0.556. The van der Waals surface area contributed by atoms with Gasteiger partial charge in [-0.25, -0.2) is 4.18 Å². The molecule has 1 aliphatic rings. The highest BCUT2D eigenvalue weighted by molar-refractivity contribution is 7.86. The van der Waals surface area contributed by atoms with Gasteiger partial charge in [0, 0.05) is 12.5 Å². The monoisotopic (exact) mass is 383 g/mol. The number of ether oxygens (including phenoxy) is 1. The molecule has 1 amide bonds. The number of rotatable bonds is 7. The molecule has 0 radical (unpaired) electrons. The molecular weight excluding hydrogens is 358 g/mol. The molecule has 0 bridgehead atoms. The van der Waals surface area contributed by atoms with Crippen LogP contribution >= 0.6 is 0 Å². The summed E-state index contributed by atoms with van der Waals surface area (Å²) in [4.78, 5) is 26.5. The Bertz CT molecular complexity index is 763. The second kappa shape index (κ2) is 7.75. The summed E-state index contributed by atoms with van der Waals surface area (Å²) in [5.41, 5.74) is -0.361. The average molecular weight is 383 g/mol. The number of carbonyl (C=O) groups is 2. The lowest BCUT2D eigenvalue weighted by Crippen LogP contribution is -2.41. The van der Waals surface area contributed by atoms with E-state index in [2.05, 4.69) is 0 Å². The molecule has 0 aliphatic carbocycles. The maximum Gasteiger partial charge on any atom is 0.321 e. The van der Waals surface area contributed by atoms with Crippen LogP contribution in [0, 0.1) is 11.3 Å². The van der Waals surface area contributed by atoms with Crippen LogP contribution in [0.4, 0.5) is 0 Å². The largest absolute Gasteiger partial charge is 0.468 e. The van der Waals surface area contributed by atoms with Crippen LogP contribution in [0.5, 0.6) is 0 Å². The van der Waals surface area contributed by atoms with E-state index in [1.54, 1.807) is 6.92 Å². The van der Waals surface area contributed by atoms with E-state index in [1.165, 1.54) is 18.9 Å². The molecule has 1 fully saturated rings. The van der Waals surface area contributed by atoms with Crippen molar-refractivity contribution in [3.63, 3.8) is 0 Å². The Morgan fingerprint density at radius 3 is 2.42 bits per heavy atom. The van der Waals surface area contributed by atoms with Gasteiger partial charge in [0.05, 0.1) is 13.4 Å². The third kappa shape index (κ3) is 4.07. The number of hydrogen-bond acceptors (Lipinski definition) is 6. The zero-order valence-electron chi connectivity index (χ0n) is 15.5. The first kappa shape index (κ1) is 20.4. The number of aryl methyl sites for hydroxylation is 1. The van der Waals surface area contributed by atoms with Crippen molar-refractivity contribution >= 4 is 22.0 Å². The van der Waals surface area contributed by atoms with Gasteiger partial charge in [0.15, 0.2) is 11.6 Å². The van der Waals surface area contributed by atoms with Crippen molar-refractivity contribution in [2.45, 2.75) is 32.9 Å². The summed E-state index contributed by atoms with van der Waals surface area (Å²) >= 11 is 0. The van der Waals surface area contributed by atoms with Crippen LogP contribution < -0.4 is 0 Å². The Labute approximate surface area is 154 Å². The fourth-order valence-electron chi connectivity index (χ4n) is 3.29. The molecule has 1 aromatic carbocycles. The number of amides is 1. The number of esters is 1. The van der Waals surface area contributed by atoms with Crippen molar-refractivity contribution in [1.82, 2.24) is 4.90 Å². The molecule has 0 N–H and O–H groups in total. The number of methoxy groups -OCH3 is 1. The van der Waals surface area contributed by atoms with E-state index in [4.69, 9.17) is 8.92 Å². The molecule has 0 saturated carbocycles. The zero-order chi connectivity index (χ0) is 19.5. The standard InChI is InChI=1S/C18H25NO6S/c1-13-15(25-26(4,22)23)19(16(20)18(13,2)17(21)24-3)12-8-11-14-9-6-5-7-10-14/h5-7,9-10,13,15H,8,11-12H2,1-4H3/t13?,15-,18-/m0/s1. The number of likely N-dealkylation sites (tertiary alicyclic amines) is 1. The fourth-order valence-corrected chi connectivity index (χ4v) is 3.92. The molecule has 7 nitrogen and oxygen atoms in total. The quantitative estimate of drug-likeness (QED) is 0.403. The van der Waals surface area contributed by atoms with Crippen LogP contribution in [0.15, 0.2) is 30.3 Å². The lowest BCUT2D eigenvalue weighted by molar-refractivity contribution is -0.159. The van der Waals surface area contributed by atoms with Gasteiger partial charge in [0.2, 0.25) is 5.91 Å². The summed E-state index contributed by atoms with van der Waals surface area (Å²) < 4.78 is 33.3. The van der Waals surface area contributed by atoms with Crippen molar-refractivity contribution in [3.8, 4) is 0 Å². The molecule has 0 aromatic heterocycles. The van der Waals surface area contributed by atoms with E-state index in [0.717, 1.165) is 18.2 Å². The van der Waals surface area contributed by atoms with E-state index in [9.17, 15) is 18.0 Å². The Morgan fingerprint density at radius 1 is 1.27 bits per heavy atom. The molecule has 0 spiro atoms. The smallest absolute Gasteiger partial charge is 0.321 e. The first-order valence-electron chi connectivity index (χ1n) is 8.43. The predicted molar refractivity (Wildman–Crippen MR) is 95.5 cm³/mol. The minimum Gasteiger partial charge on any atom is -0.468 e. The van der Waals surface area contributed by atoms with Gasteiger partial charge in [-0.05, 0) is 25.3 Å². The minimum absolute atomic E-state index is 0.283. The highest BCUT2D eigenvalue weighted by atomic mass is 32.2. The number of benzene rings is 1. The summed E-state index contributed by atoms with van der Waals surface area (Å²) in [6.07, 6.45) is 1.24. The van der Waals surface area contributed by atoms with Crippen LogP contribution in [0.2, 0.25) is 0 Å². The molecule has 1 aromatic rings. The average Bonchev–Trinajstić information content (AvgIpc) is 2.77. The Balaban J connectivity index is 2.21. The van der Waals surface area contributed by atoms with E-state index in [1.807, 2.05) is 30.3 Å². The van der Waals surface area contributed by atoms with Crippen molar-refractivity contribution in [1.29, 1.82) is 0 Å². The first-order chi connectivity index (χ1) is 12.1. The third-order valence-electron chi connectivity index (χ3n) is 4.94. The molecule has 144 valence electrons. The molecule has 3 atom stereocenters. The number of carbonyl (C=O) groups excluding carboxylic acids is 2. The van der Waals surface area contributed by atoms with Crippen molar-refractivity contribution in [2.75, 3.05) is 19.9 Å². The number of nitrogens with zero attached hydrogens (tertiary/aromatic N) is 1. The normalized spacial score (nSPS) is 26.2. The maximum absolute atomic E-state index is 12.9. The predicted octanol–water partition coefficient (Wildman–Crippen LogP) is 1.58. The van der Waals surface area contributed by atoms with Crippen molar-refractivity contribution in [3.05, 3.63) is 35.9 Å². The maximum atomic E-state index is 12.9. The molecule has 26 heavy (non-hydrogen) atoms. The Morgan fingerprint density at radius 2 is 1.88 bits per heavy atom. The molecule has 8 heteroatoms. The molecule has 2 rings (SSSR count). The summed E-state index contributed by atoms with van der Waals surface area (Å²) in [6, 6.07) is 9.76. The van der Waals surface area contributed by atoms with Crippen LogP contribution in [-0.4, -0.2) is 51.3 Å².